The molecule has 0 aliphatic heterocycles. The number of hydrogen-bond acceptors (Lipinski definition) is 3. The minimum Gasteiger partial charge on any atom is -0.355 e. The Balaban J connectivity index is 1.67. The van der Waals surface area contributed by atoms with Crippen LogP contribution in [0.4, 0.5) is 0 Å². The van der Waals surface area contributed by atoms with Gasteiger partial charge in [0.2, 0.25) is 0 Å². The fourth-order valence-electron chi connectivity index (χ4n) is 3.10. The molecule has 22 heavy (non-hydrogen) atoms. The Bertz CT molecular complexity index is 438. The van der Waals surface area contributed by atoms with E-state index in [2.05, 4.69) is 51.7 Å². The maximum atomic E-state index is 4.40. The maximum absolute atomic E-state index is 4.40. The lowest BCUT2D eigenvalue weighted by atomic mass is 10.2. The van der Waals surface area contributed by atoms with Crippen LogP contribution in [0.15, 0.2) is 22.5 Å². The Hall–Kier alpha value is -1.07. The first-order valence-corrected chi connectivity index (χ1v) is 9.23. The summed E-state index contributed by atoms with van der Waals surface area (Å²) in [6.45, 7) is 3.05. The number of likely N-dealkylation sites (N-methyl/N-ethyl adjacent to an activating group) is 2. The molecule has 1 N–H and O–H groups in total. The minimum absolute atomic E-state index is 0.792. The highest BCUT2D eigenvalue weighted by atomic mass is 32.1. The first-order valence-electron chi connectivity index (χ1n) is 8.35. The largest absolute Gasteiger partial charge is 0.355 e. The number of guanidine groups is 1. The van der Waals surface area contributed by atoms with E-state index >= 15 is 0 Å². The average molecular weight is 323 g/mol. The number of thiophene rings is 1. The fourth-order valence-corrected chi connectivity index (χ4v) is 3.79. The third kappa shape index (κ3) is 5.29. The highest BCUT2D eigenvalue weighted by Crippen LogP contribution is 2.21. The van der Waals surface area contributed by atoms with Crippen LogP contribution in [0.2, 0.25) is 0 Å². The Morgan fingerprint density at radius 2 is 2.09 bits per heavy atom. The van der Waals surface area contributed by atoms with Crippen molar-refractivity contribution >= 4 is 17.3 Å². The summed E-state index contributed by atoms with van der Waals surface area (Å²) in [4.78, 5) is 10.5. The van der Waals surface area contributed by atoms with E-state index < -0.39 is 0 Å². The lowest BCUT2D eigenvalue weighted by Crippen LogP contribution is -2.43. The quantitative estimate of drug-likeness (QED) is 0.618. The molecule has 1 aromatic rings. The summed E-state index contributed by atoms with van der Waals surface area (Å²) in [6, 6.07) is 5.11. The Kier molecular flexibility index (Phi) is 7.19. The molecule has 0 aromatic carbocycles. The van der Waals surface area contributed by atoms with Crippen molar-refractivity contribution < 1.29 is 0 Å². The smallest absolute Gasteiger partial charge is 0.193 e. The third-order valence-electron chi connectivity index (χ3n) is 4.54. The summed E-state index contributed by atoms with van der Waals surface area (Å²) in [6.07, 6.45) is 6.61. The molecule has 0 radical (unpaired) electrons. The predicted octanol–water partition coefficient (Wildman–Crippen LogP) is 2.67. The Labute approximate surface area is 139 Å². The van der Waals surface area contributed by atoms with Crippen LogP contribution >= 0.6 is 11.3 Å². The van der Waals surface area contributed by atoms with Crippen molar-refractivity contribution in [2.24, 2.45) is 4.99 Å². The van der Waals surface area contributed by atoms with Gasteiger partial charge in [0.1, 0.15) is 0 Å². The molecule has 1 fully saturated rings. The molecule has 124 valence electrons. The third-order valence-corrected chi connectivity index (χ3v) is 5.48. The highest BCUT2D eigenvalue weighted by Gasteiger charge is 2.19. The van der Waals surface area contributed by atoms with Gasteiger partial charge in [-0.2, -0.15) is 0 Å². The molecule has 1 aliphatic rings. The normalized spacial score (nSPS) is 16.5. The van der Waals surface area contributed by atoms with Gasteiger partial charge in [0.25, 0.3) is 0 Å². The van der Waals surface area contributed by atoms with E-state index in [1.165, 1.54) is 30.6 Å². The predicted molar refractivity (Wildman–Crippen MR) is 96.9 cm³/mol. The average Bonchev–Trinajstić information content (AvgIpc) is 3.22. The number of rotatable bonds is 7. The second-order valence-corrected chi connectivity index (χ2v) is 7.18. The molecule has 1 aliphatic carbocycles. The molecule has 0 saturated heterocycles. The van der Waals surface area contributed by atoms with Crippen LogP contribution in [0, 0.1) is 0 Å². The SMILES string of the molecule is CN=C(NCCN(C)C1CCCC1)N(C)CCc1cccs1. The molecule has 5 heteroatoms. The van der Waals surface area contributed by atoms with Gasteiger partial charge in [0.05, 0.1) is 0 Å². The van der Waals surface area contributed by atoms with Crippen LogP contribution in [-0.2, 0) is 6.42 Å². The van der Waals surface area contributed by atoms with Gasteiger partial charge in [-0.15, -0.1) is 11.3 Å². The van der Waals surface area contributed by atoms with Crippen LogP contribution in [0.5, 0.6) is 0 Å². The number of aliphatic imine (C=N–C) groups is 1. The Morgan fingerprint density at radius 1 is 1.32 bits per heavy atom. The van der Waals surface area contributed by atoms with E-state index in [0.717, 1.165) is 38.1 Å². The molecule has 0 bridgehead atoms. The topological polar surface area (TPSA) is 30.9 Å². The van der Waals surface area contributed by atoms with Crippen LogP contribution in [-0.4, -0.2) is 62.6 Å². The number of nitrogens with one attached hydrogen (secondary N) is 1. The number of nitrogens with zero attached hydrogens (tertiary/aromatic N) is 3. The van der Waals surface area contributed by atoms with E-state index in [1.807, 2.05) is 18.4 Å². The summed E-state index contributed by atoms with van der Waals surface area (Å²) in [5, 5.41) is 5.63. The van der Waals surface area contributed by atoms with Gasteiger partial charge in [-0.1, -0.05) is 18.9 Å². The number of hydrogen-bond donors (Lipinski definition) is 1. The molecule has 2 rings (SSSR count). The van der Waals surface area contributed by atoms with Crippen LogP contribution in [0.25, 0.3) is 0 Å². The fraction of sp³-hybridized carbons (Fsp3) is 0.706. The van der Waals surface area contributed by atoms with Gasteiger partial charge in [0, 0.05) is 44.6 Å². The molecule has 4 nitrogen and oxygen atoms in total. The van der Waals surface area contributed by atoms with Gasteiger partial charge in [-0.3, -0.25) is 4.99 Å². The molecule has 1 aromatic heterocycles. The van der Waals surface area contributed by atoms with Crippen molar-refractivity contribution in [1.82, 2.24) is 15.1 Å². The molecule has 0 amide bonds. The molecule has 1 saturated carbocycles. The van der Waals surface area contributed by atoms with Gasteiger partial charge >= 0.3 is 0 Å². The molecule has 1 heterocycles. The van der Waals surface area contributed by atoms with E-state index in [4.69, 9.17) is 0 Å². The van der Waals surface area contributed by atoms with E-state index in [-0.39, 0.29) is 0 Å². The molecule has 0 unspecified atom stereocenters. The molecular weight excluding hydrogens is 292 g/mol. The van der Waals surface area contributed by atoms with Crippen molar-refractivity contribution in [2.45, 2.75) is 38.1 Å². The second-order valence-electron chi connectivity index (χ2n) is 6.14. The zero-order valence-electron chi connectivity index (χ0n) is 14.2. The van der Waals surface area contributed by atoms with Crippen molar-refractivity contribution in [2.75, 3.05) is 40.8 Å². The standard InChI is InChI=1S/C17H30N4S/c1-18-17(21(3)12-10-16-9-6-14-22-16)19-11-13-20(2)15-7-4-5-8-15/h6,9,14-15H,4-5,7-8,10-13H2,1-3H3,(H,18,19). The summed E-state index contributed by atoms with van der Waals surface area (Å²) in [5.41, 5.74) is 0. The highest BCUT2D eigenvalue weighted by molar-refractivity contribution is 7.09. The molecule has 0 atom stereocenters. The van der Waals surface area contributed by atoms with Crippen LogP contribution in [0.3, 0.4) is 0 Å². The summed E-state index contributed by atoms with van der Waals surface area (Å²) in [5.74, 6) is 0.997. The van der Waals surface area contributed by atoms with Crippen molar-refractivity contribution in [3.63, 3.8) is 0 Å². The zero-order valence-corrected chi connectivity index (χ0v) is 15.0. The summed E-state index contributed by atoms with van der Waals surface area (Å²) < 4.78 is 0. The zero-order chi connectivity index (χ0) is 15.8. The second kappa shape index (κ2) is 9.16. The van der Waals surface area contributed by atoms with Crippen LogP contribution < -0.4 is 5.32 Å². The van der Waals surface area contributed by atoms with E-state index in [0.29, 0.717) is 0 Å². The first-order chi connectivity index (χ1) is 10.7. The first kappa shape index (κ1) is 17.3. The van der Waals surface area contributed by atoms with Crippen molar-refractivity contribution in [3.05, 3.63) is 22.4 Å². The van der Waals surface area contributed by atoms with E-state index in [9.17, 15) is 0 Å². The summed E-state index contributed by atoms with van der Waals surface area (Å²) >= 11 is 1.83. The summed E-state index contributed by atoms with van der Waals surface area (Å²) in [7, 11) is 6.23. The van der Waals surface area contributed by atoms with Crippen LogP contribution in [0.1, 0.15) is 30.6 Å². The van der Waals surface area contributed by atoms with E-state index in [1.54, 1.807) is 0 Å². The van der Waals surface area contributed by atoms with Gasteiger partial charge in [-0.25, -0.2) is 0 Å². The monoisotopic (exact) mass is 322 g/mol. The molecular formula is C17H30N4S. The molecule has 0 spiro atoms. The van der Waals surface area contributed by atoms with Gasteiger partial charge in [-0.05, 0) is 37.8 Å². The van der Waals surface area contributed by atoms with Crippen molar-refractivity contribution in [3.8, 4) is 0 Å². The van der Waals surface area contributed by atoms with Gasteiger partial charge < -0.3 is 15.1 Å². The van der Waals surface area contributed by atoms with Crippen molar-refractivity contribution in [1.29, 1.82) is 0 Å². The van der Waals surface area contributed by atoms with Gasteiger partial charge in [0.15, 0.2) is 5.96 Å². The minimum atomic E-state index is 0.792. The Morgan fingerprint density at radius 3 is 2.73 bits per heavy atom. The lowest BCUT2D eigenvalue weighted by molar-refractivity contribution is 0.248. The maximum Gasteiger partial charge on any atom is 0.193 e. The lowest BCUT2D eigenvalue weighted by Gasteiger charge is -2.26.